The maximum Gasteiger partial charge on any atom is 0.490 e. The van der Waals surface area contributed by atoms with Crippen LogP contribution >= 0.6 is 23.2 Å². The molecule has 1 unspecified atom stereocenters. The zero-order valence-corrected chi connectivity index (χ0v) is 26.1. The number of carboxylic acid groups (broad SMARTS) is 1. The number of imidazole rings is 1. The molecule has 0 radical (unpaired) electrons. The average Bonchev–Trinajstić information content (AvgIpc) is 3.39. The molecule has 17 heteroatoms. The van der Waals surface area contributed by atoms with Gasteiger partial charge in [-0.1, -0.05) is 47.5 Å². The fourth-order valence-corrected chi connectivity index (χ4v) is 5.22. The van der Waals surface area contributed by atoms with Crippen molar-refractivity contribution in [1.82, 2.24) is 14.9 Å². The number of anilines is 2. The minimum atomic E-state index is -5.08. The topological polar surface area (TPSA) is 163 Å². The molecule has 2 aliphatic heterocycles. The SMILES string of the molecule is COC(=O)Nc1ccc2c(c1)NC(=O)CC/C=C/C[C@H](N1CCC(c3cccc(Cl)c3)OC1=O)c1nc-2c(Cl)[nH]1.O=C(O)C(F)(F)F. The van der Waals surface area contributed by atoms with E-state index in [1.165, 1.54) is 7.11 Å². The minimum Gasteiger partial charge on any atom is -0.475 e. The van der Waals surface area contributed by atoms with Crippen molar-refractivity contribution in [2.24, 2.45) is 0 Å². The van der Waals surface area contributed by atoms with Crippen LogP contribution in [0.1, 0.15) is 49.2 Å². The molecule has 2 bridgehead atoms. The van der Waals surface area contributed by atoms with Gasteiger partial charge in [0.15, 0.2) is 0 Å². The molecule has 1 saturated heterocycles. The Kier molecular flexibility index (Phi) is 11.4. The smallest absolute Gasteiger partial charge is 0.475 e. The van der Waals surface area contributed by atoms with E-state index < -0.39 is 36.5 Å². The number of benzene rings is 2. The highest BCUT2D eigenvalue weighted by atomic mass is 35.5. The quantitative estimate of drug-likeness (QED) is 0.205. The number of ether oxygens (including phenoxy) is 2. The van der Waals surface area contributed by atoms with Crippen LogP contribution in [0, 0.1) is 0 Å². The van der Waals surface area contributed by atoms with Crippen LogP contribution in [0.3, 0.4) is 0 Å². The number of rotatable bonds is 3. The van der Waals surface area contributed by atoms with Crippen LogP contribution in [-0.2, 0) is 19.1 Å². The summed E-state index contributed by atoms with van der Waals surface area (Å²) in [7, 11) is 1.26. The van der Waals surface area contributed by atoms with Crippen molar-refractivity contribution in [1.29, 1.82) is 0 Å². The number of H-pyrrole nitrogens is 1. The number of aromatic amines is 1. The van der Waals surface area contributed by atoms with Crippen LogP contribution in [0.25, 0.3) is 11.3 Å². The number of carbonyl (C=O) groups is 4. The van der Waals surface area contributed by atoms with Gasteiger partial charge in [-0.3, -0.25) is 15.0 Å². The first kappa shape index (κ1) is 35.1. The molecule has 3 aromatic rings. The van der Waals surface area contributed by atoms with Crippen molar-refractivity contribution in [2.45, 2.75) is 44.0 Å². The van der Waals surface area contributed by atoms with Gasteiger partial charge in [0.2, 0.25) is 5.91 Å². The van der Waals surface area contributed by atoms with E-state index in [9.17, 15) is 27.6 Å². The summed E-state index contributed by atoms with van der Waals surface area (Å²) in [6, 6.07) is 11.8. The number of carboxylic acids is 1. The molecule has 12 nitrogen and oxygen atoms in total. The van der Waals surface area contributed by atoms with E-state index in [1.807, 2.05) is 24.3 Å². The highest BCUT2D eigenvalue weighted by Crippen LogP contribution is 2.38. The molecular weight excluding hydrogens is 670 g/mol. The maximum atomic E-state index is 13.3. The summed E-state index contributed by atoms with van der Waals surface area (Å²) < 4.78 is 42.2. The van der Waals surface area contributed by atoms with E-state index in [-0.39, 0.29) is 17.5 Å². The Bertz CT molecular complexity index is 1680. The Morgan fingerprint density at radius 3 is 2.55 bits per heavy atom. The number of cyclic esters (lactones) is 1. The maximum absolute atomic E-state index is 13.3. The van der Waals surface area contributed by atoms with Crippen molar-refractivity contribution in [2.75, 3.05) is 24.3 Å². The highest BCUT2D eigenvalue weighted by Gasteiger charge is 2.38. The van der Waals surface area contributed by atoms with Gasteiger partial charge in [-0.25, -0.2) is 19.4 Å². The van der Waals surface area contributed by atoms with Gasteiger partial charge in [0.05, 0.1) is 18.8 Å². The second kappa shape index (κ2) is 15.2. The number of allylic oxidation sites excluding steroid dienone is 1. The number of hydrogen-bond acceptors (Lipinski definition) is 7. The minimum absolute atomic E-state index is 0.213. The van der Waals surface area contributed by atoms with Crippen LogP contribution in [0.4, 0.5) is 34.1 Å². The first-order chi connectivity index (χ1) is 22.3. The molecule has 47 heavy (non-hydrogen) atoms. The van der Waals surface area contributed by atoms with E-state index in [2.05, 4.69) is 20.4 Å². The number of nitrogens with one attached hydrogen (secondary N) is 3. The second-order valence-corrected chi connectivity index (χ2v) is 11.0. The molecule has 0 saturated carbocycles. The van der Waals surface area contributed by atoms with Gasteiger partial charge in [0.25, 0.3) is 0 Å². The van der Waals surface area contributed by atoms with E-state index in [1.54, 1.807) is 35.2 Å². The number of alkyl halides is 3. The Morgan fingerprint density at radius 2 is 1.89 bits per heavy atom. The third kappa shape index (κ3) is 9.16. The number of methoxy groups -OCH3 is 1. The van der Waals surface area contributed by atoms with Crippen molar-refractivity contribution in [3.05, 3.63) is 76.2 Å². The lowest BCUT2D eigenvalue weighted by molar-refractivity contribution is -0.192. The summed E-state index contributed by atoms with van der Waals surface area (Å²) in [5.74, 6) is -2.49. The molecule has 3 amide bonds. The molecule has 5 rings (SSSR count). The predicted octanol–water partition coefficient (Wildman–Crippen LogP) is 7.50. The Hall–Kier alpha value is -4.76. The lowest BCUT2D eigenvalue weighted by atomic mass is 10.0. The van der Waals surface area contributed by atoms with Crippen molar-refractivity contribution in [3.63, 3.8) is 0 Å². The fourth-order valence-electron chi connectivity index (χ4n) is 4.78. The van der Waals surface area contributed by atoms with Crippen LogP contribution in [-0.4, -0.2) is 63.9 Å². The van der Waals surface area contributed by atoms with Crippen molar-refractivity contribution < 1.29 is 46.9 Å². The monoisotopic (exact) mass is 697 g/mol. The zero-order chi connectivity index (χ0) is 34.3. The second-order valence-electron chi connectivity index (χ2n) is 10.2. The van der Waals surface area contributed by atoms with Crippen molar-refractivity contribution in [3.8, 4) is 11.3 Å². The molecule has 250 valence electrons. The lowest BCUT2D eigenvalue weighted by Crippen LogP contribution is -2.41. The highest BCUT2D eigenvalue weighted by molar-refractivity contribution is 6.32. The summed E-state index contributed by atoms with van der Waals surface area (Å²) >= 11 is 12.8. The molecule has 2 aliphatic rings. The van der Waals surface area contributed by atoms with Crippen LogP contribution < -0.4 is 10.6 Å². The number of amides is 3. The normalized spacial score (nSPS) is 18.8. The van der Waals surface area contributed by atoms with E-state index >= 15 is 0 Å². The molecule has 4 N–H and O–H groups in total. The van der Waals surface area contributed by atoms with Gasteiger partial charge in [0, 0.05) is 35.7 Å². The molecule has 1 aromatic heterocycles. The molecular formula is C30H28Cl2F3N5O7. The summed E-state index contributed by atoms with van der Waals surface area (Å²) in [5, 5.41) is 13.4. The van der Waals surface area contributed by atoms with Crippen LogP contribution in [0.15, 0.2) is 54.6 Å². The zero-order valence-electron chi connectivity index (χ0n) is 24.6. The standard InChI is InChI=1S/C28H27Cl2N5O5.C2HF3O2/c1-39-27(37)31-18-10-11-19-20(15-18)32-23(36)9-4-2-3-8-21(26-33-24(19)25(30)34-26)35-13-12-22(40-28(35)38)16-6-5-7-17(29)14-16;3-2(4,5)1(6)7/h2-3,5-7,10-11,14-15,21-22H,4,8-9,12-13H2,1H3,(H,31,37)(H,32,36)(H,33,34);(H,6,7)/b3-2+;/t21-,22?;/m0./s1. The lowest BCUT2D eigenvalue weighted by Gasteiger charge is -2.36. The van der Waals surface area contributed by atoms with Gasteiger partial charge in [-0.2, -0.15) is 13.2 Å². The number of fused-ring (bicyclic) bond motifs is 4. The van der Waals surface area contributed by atoms with Crippen LogP contribution in [0.5, 0.6) is 0 Å². The van der Waals surface area contributed by atoms with E-state index in [4.69, 9.17) is 42.8 Å². The van der Waals surface area contributed by atoms with Gasteiger partial charge in [0.1, 0.15) is 22.8 Å². The van der Waals surface area contributed by atoms with E-state index in [0.717, 1.165) is 5.56 Å². The molecule has 0 aliphatic carbocycles. The van der Waals surface area contributed by atoms with Gasteiger partial charge in [-0.05, 0) is 48.7 Å². The molecule has 2 aromatic carbocycles. The number of hydrogen-bond donors (Lipinski definition) is 4. The number of aliphatic carboxylic acids is 1. The molecule has 1 fully saturated rings. The number of aromatic nitrogens is 2. The summed E-state index contributed by atoms with van der Waals surface area (Å²) in [6.07, 6.45) is -1.02. The van der Waals surface area contributed by atoms with E-state index in [0.29, 0.717) is 59.3 Å². The number of carbonyl (C=O) groups excluding carboxylic acids is 3. The molecule has 0 spiro atoms. The predicted molar refractivity (Wildman–Crippen MR) is 165 cm³/mol. The number of halogens is 5. The number of nitrogens with zero attached hydrogens (tertiary/aromatic N) is 2. The third-order valence-corrected chi connectivity index (χ3v) is 7.50. The Morgan fingerprint density at radius 1 is 1.15 bits per heavy atom. The third-order valence-electron chi connectivity index (χ3n) is 6.99. The van der Waals surface area contributed by atoms with Gasteiger partial charge in [-0.15, -0.1) is 0 Å². The summed E-state index contributed by atoms with van der Waals surface area (Å²) in [6.45, 7) is 0.432. The molecule has 2 atom stereocenters. The summed E-state index contributed by atoms with van der Waals surface area (Å²) in [4.78, 5) is 56.1. The first-order valence-electron chi connectivity index (χ1n) is 14.0. The fraction of sp³-hybridized carbons (Fsp3) is 0.300. The summed E-state index contributed by atoms with van der Waals surface area (Å²) in [5.41, 5.74) is 2.62. The Labute approximate surface area is 275 Å². The van der Waals surface area contributed by atoms with Crippen LogP contribution in [0.2, 0.25) is 10.2 Å². The van der Waals surface area contributed by atoms with Crippen molar-refractivity contribution >= 4 is 58.6 Å². The first-order valence-corrected chi connectivity index (χ1v) is 14.7. The van der Waals surface area contributed by atoms with Gasteiger partial charge >= 0.3 is 24.3 Å². The molecule has 3 heterocycles. The van der Waals surface area contributed by atoms with Gasteiger partial charge < -0.3 is 24.9 Å². The average molecular weight is 698 g/mol. The largest absolute Gasteiger partial charge is 0.490 e. The Balaban J connectivity index is 0.000000644.